The maximum atomic E-state index is 12.3. The summed E-state index contributed by atoms with van der Waals surface area (Å²) in [7, 11) is 1.47. The molecule has 0 fully saturated rings. The van der Waals surface area contributed by atoms with Gasteiger partial charge in [0.2, 0.25) is 0 Å². The molecule has 0 spiro atoms. The highest BCUT2D eigenvalue weighted by Gasteiger charge is 2.15. The minimum Gasteiger partial charge on any atom is -0.504 e. The lowest BCUT2D eigenvalue weighted by atomic mass is 10.2. The number of ether oxygens (including phenoxy) is 1. The Morgan fingerprint density at radius 2 is 2.23 bits per heavy atom. The average Bonchev–Trinajstić information content (AvgIpc) is 3.04. The molecular weight excluding hydrogens is 352 g/mol. The third-order valence-electron chi connectivity index (χ3n) is 3.49. The zero-order chi connectivity index (χ0) is 18.5. The number of aryl methyl sites for hydroxylation is 1. The van der Waals surface area contributed by atoms with Crippen LogP contribution in [0.2, 0.25) is 0 Å². The normalized spacial score (nSPS) is 10.8. The van der Waals surface area contributed by atoms with Gasteiger partial charge >= 0.3 is 0 Å². The maximum Gasteiger partial charge on any atom is 0.283 e. The molecule has 0 saturated carbocycles. The Morgan fingerprint density at radius 1 is 1.38 bits per heavy atom. The summed E-state index contributed by atoms with van der Waals surface area (Å²) in [4.78, 5) is 21.3. The molecule has 0 radical (unpaired) electrons. The minimum absolute atomic E-state index is 0.00203. The number of benzene rings is 1. The fraction of sp³-hybridized carbons (Fsp3) is 0.111. The Hall–Kier alpha value is -3.26. The second-order valence-corrected chi connectivity index (χ2v) is 6.30. The first kappa shape index (κ1) is 17.6. The van der Waals surface area contributed by atoms with E-state index in [1.54, 1.807) is 31.5 Å². The number of aromatic hydroxyl groups is 1. The molecule has 0 saturated heterocycles. The van der Waals surface area contributed by atoms with Gasteiger partial charge in [0.05, 0.1) is 19.0 Å². The number of carbonyl (C=O) groups excluding carboxylic acids is 1. The second-order valence-electron chi connectivity index (χ2n) is 5.31. The Bertz CT molecular complexity index is 954. The Labute approximate surface area is 154 Å². The predicted molar refractivity (Wildman–Crippen MR) is 99.8 cm³/mol. The summed E-state index contributed by atoms with van der Waals surface area (Å²) >= 11 is 1.28. The summed E-state index contributed by atoms with van der Waals surface area (Å²) in [5, 5.41) is 14.4. The van der Waals surface area contributed by atoms with Gasteiger partial charge in [-0.15, -0.1) is 11.3 Å². The van der Waals surface area contributed by atoms with E-state index in [1.807, 2.05) is 12.1 Å². The number of pyridine rings is 1. The zero-order valence-corrected chi connectivity index (χ0v) is 14.9. The first-order chi connectivity index (χ1) is 12.6. The van der Waals surface area contributed by atoms with Gasteiger partial charge in [0, 0.05) is 18.0 Å². The standard InChI is InChI=1S/C18H16N4O3S/c1-11-16(26-18(21-11)13-4-3-7-19-10-13)17(24)22-20-9-12-5-6-15(25-2)14(23)8-12/h3-10,23H,1-2H3,(H,22,24)/b20-9+. The van der Waals surface area contributed by atoms with E-state index in [2.05, 4.69) is 20.5 Å². The molecule has 7 nitrogen and oxygen atoms in total. The van der Waals surface area contributed by atoms with Crippen LogP contribution < -0.4 is 10.2 Å². The topological polar surface area (TPSA) is 96.7 Å². The van der Waals surface area contributed by atoms with Crippen LogP contribution >= 0.6 is 11.3 Å². The monoisotopic (exact) mass is 368 g/mol. The van der Waals surface area contributed by atoms with E-state index < -0.39 is 0 Å². The Kier molecular flexibility index (Phi) is 5.23. The number of phenols is 1. The molecule has 0 bridgehead atoms. The summed E-state index contributed by atoms with van der Waals surface area (Å²) in [5.41, 5.74) is 4.59. The molecular formula is C18H16N4O3S. The van der Waals surface area contributed by atoms with Gasteiger partial charge in [-0.2, -0.15) is 5.10 Å². The molecule has 0 unspecified atom stereocenters. The number of nitrogens with one attached hydrogen (secondary N) is 1. The number of carbonyl (C=O) groups is 1. The van der Waals surface area contributed by atoms with Crippen molar-refractivity contribution in [2.75, 3.05) is 7.11 Å². The van der Waals surface area contributed by atoms with Crippen molar-refractivity contribution in [3.05, 3.63) is 58.9 Å². The van der Waals surface area contributed by atoms with Crippen molar-refractivity contribution < 1.29 is 14.6 Å². The van der Waals surface area contributed by atoms with E-state index in [1.165, 1.54) is 30.7 Å². The van der Waals surface area contributed by atoms with Crippen molar-refractivity contribution in [1.29, 1.82) is 0 Å². The minimum atomic E-state index is -0.343. The lowest BCUT2D eigenvalue weighted by Crippen LogP contribution is -2.17. The van der Waals surface area contributed by atoms with Crippen molar-refractivity contribution in [2.45, 2.75) is 6.92 Å². The van der Waals surface area contributed by atoms with Crippen LogP contribution in [0.25, 0.3) is 10.6 Å². The van der Waals surface area contributed by atoms with Crippen molar-refractivity contribution in [3.8, 4) is 22.1 Å². The number of hydrogen-bond acceptors (Lipinski definition) is 7. The third-order valence-corrected chi connectivity index (χ3v) is 4.70. The first-order valence-corrected chi connectivity index (χ1v) is 8.48. The van der Waals surface area contributed by atoms with Gasteiger partial charge in [-0.05, 0) is 42.8 Å². The summed E-state index contributed by atoms with van der Waals surface area (Å²) in [6, 6.07) is 8.53. The summed E-state index contributed by atoms with van der Waals surface area (Å²) < 4.78 is 4.98. The van der Waals surface area contributed by atoms with E-state index in [0.717, 1.165) is 10.6 Å². The number of thiazole rings is 1. The van der Waals surface area contributed by atoms with Gasteiger partial charge in [0.15, 0.2) is 11.5 Å². The number of aromatic nitrogens is 2. The first-order valence-electron chi connectivity index (χ1n) is 7.66. The van der Waals surface area contributed by atoms with E-state index in [-0.39, 0.29) is 11.7 Å². The Balaban J connectivity index is 1.70. The number of rotatable bonds is 5. The van der Waals surface area contributed by atoms with Crippen molar-refractivity contribution >= 4 is 23.5 Å². The number of amides is 1. The molecule has 2 aromatic heterocycles. The number of hydrazone groups is 1. The fourth-order valence-electron chi connectivity index (χ4n) is 2.22. The molecule has 0 aliphatic heterocycles. The lowest BCUT2D eigenvalue weighted by Gasteiger charge is -2.03. The number of phenolic OH excluding ortho intramolecular Hbond substituents is 1. The Morgan fingerprint density at radius 3 is 2.92 bits per heavy atom. The molecule has 0 atom stereocenters. The molecule has 26 heavy (non-hydrogen) atoms. The SMILES string of the molecule is COc1ccc(/C=N/NC(=O)c2sc(-c3cccnc3)nc2C)cc1O. The summed E-state index contributed by atoms with van der Waals surface area (Å²) in [5.74, 6) is 0.0284. The molecule has 2 heterocycles. The number of methoxy groups -OCH3 is 1. The van der Waals surface area contributed by atoms with E-state index >= 15 is 0 Å². The van der Waals surface area contributed by atoms with E-state index in [9.17, 15) is 9.90 Å². The molecule has 3 rings (SSSR count). The second kappa shape index (κ2) is 7.75. The van der Waals surface area contributed by atoms with Crippen LogP contribution in [-0.2, 0) is 0 Å². The van der Waals surface area contributed by atoms with E-state index in [0.29, 0.717) is 21.9 Å². The van der Waals surface area contributed by atoms with Gasteiger partial charge in [-0.1, -0.05) is 0 Å². The molecule has 0 aliphatic rings. The molecule has 3 aromatic rings. The van der Waals surface area contributed by atoms with Crippen LogP contribution in [0.1, 0.15) is 20.9 Å². The lowest BCUT2D eigenvalue weighted by molar-refractivity contribution is 0.0958. The van der Waals surface area contributed by atoms with Gasteiger partial charge < -0.3 is 9.84 Å². The zero-order valence-electron chi connectivity index (χ0n) is 14.1. The quantitative estimate of drug-likeness (QED) is 0.533. The highest BCUT2D eigenvalue weighted by molar-refractivity contribution is 7.17. The summed E-state index contributed by atoms with van der Waals surface area (Å²) in [6.45, 7) is 1.77. The van der Waals surface area contributed by atoms with Gasteiger partial charge in [0.25, 0.3) is 5.91 Å². The van der Waals surface area contributed by atoms with Crippen molar-refractivity contribution in [1.82, 2.24) is 15.4 Å². The van der Waals surface area contributed by atoms with Gasteiger partial charge in [-0.3, -0.25) is 9.78 Å². The predicted octanol–water partition coefficient (Wildman–Crippen LogP) is 2.99. The molecule has 1 amide bonds. The number of nitrogens with zero attached hydrogens (tertiary/aromatic N) is 3. The van der Waals surface area contributed by atoms with Gasteiger partial charge in [-0.25, -0.2) is 10.4 Å². The molecule has 2 N–H and O–H groups in total. The third kappa shape index (κ3) is 3.86. The van der Waals surface area contributed by atoms with Crippen molar-refractivity contribution in [3.63, 3.8) is 0 Å². The van der Waals surface area contributed by atoms with E-state index in [4.69, 9.17) is 4.74 Å². The highest BCUT2D eigenvalue weighted by atomic mass is 32.1. The maximum absolute atomic E-state index is 12.3. The van der Waals surface area contributed by atoms with Crippen LogP contribution in [-0.4, -0.2) is 34.3 Å². The van der Waals surface area contributed by atoms with Crippen LogP contribution in [0.3, 0.4) is 0 Å². The smallest absolute Gasteiger partial charge is 0.283 e. The molecule has 1 aromatic carbocycles. The molecule has 0 aliphatic carbocycles. The fourth-order valence-corrected chi connectivity index (χ4v) is 3.17. The van der Waals surface area contributed by atoms with Crippen molar-refractivity contribution in [2.24, 2.45) is 5.10 Å². The highest BCUT2D eigenvalue weighted by Crippen LogP contribution is 2.27. The summed E-state index contributed by atoms with van der Waals surface area (Å²) in [6.07, 6.45) is 4.83. The average molecular weight is 368 g/mol. The van der Waals surface area contributed by atoms with Crippen LogP contribution in [0.4, 0.5) is 0 Å². The van der Waals surface area contributed by atoms with Crippen LogP contribution in [0.15, 0.2) is 47.8 Å². The molecule has 8 heteroatoms. The van der Waals surface area contributed by atoms with Crippen LogP contribution in [0.5, 0.6) is 11.5 Å². The largest absolute Gasteiger partial charge is 0.504 e. The molecule has 132 valence electrons. The number of hydrogen-bond donors (Lipinski definition) is 2. The van der Waals surface area contributed by atoms with Gasteiger partial charge in [0.1, 0.15) is 9.88 Å². The van der Waals surface area contributed by atoms with Crippen LogP contribution in [0, 0.1) is 6.92 Å².